The molecule has 1 fully saturated rings. The van der Waals surface area contributed by atoms with E-state index >= 15 is 0 Å². The summed E-state index contributed by atoms with van der Waals surface area (Å²) in [6.45, 7) is 2.46. The summed E-state index contributed by atoms with van der Waals surface area (Å²) >= 11 is 0. The van der Waals surface area contributed by atoms with Gasteiger partial charge in [0.2, 0.25) is 0 Å². The fourth-order valence-electron chi connectivity index (χ4n) is 1.54. The standard InChI is InChI=1S/C10H13FN2O.H2O/c11-13-9-3-1-8(2-4-9)10-7-12-5-6-14-10;/h1-4,10,12-13H,5-7H2;1H2. The molecule has 0 saturated carbocycles. The largest absolute Gasteiger partial charge is 0.412 e. The van der Waals surface area contributed by atoms with Crippen LogP contribution in [0, 0.1) is 0 Å². The van der Waals surface area contributed by atoms with Crippen LogP contribution in [0.3, 0.4) is 0 Å². The highest BCUT2D eigenvalue weighted by Crippen LogP contribution is 2.20. The van der Waals surface area contributed by atoms with Gasteiger partial charge in [-0.1, -0.05) is 12.1 Å². The number of ether oxygens (including phenoxy) is 1. The summed E-state index contributed by atoms with van der Waals surface area (Å²) in [5.74, 6) is 0. The van der Waals surface area contributed by atoms with E-state index in [2.05, 4.69) is 5.32 Å². The van der Waals surface area contributed by atoms with Gasteiger partial charge in [-0.2, -0.15) is 0 Å². The lowest BCUT2D eigenvalue weighted by Gasteiger charge is -2.23. The zero-order valence-corrected chi connectivity index (χ0v) is 8.29. The number of hydrogen-bond acceptors (Lipinski definition) is 3. The number of nitrogens with one attached hydrogen (secondary N) is 2. The van der Waals surface area contributed by atoms with E-state index in [1.54, 1.807) is 17.7 Å². The highest BCUT2D eigenvalue weighted by Gasteiger charge is 2.14. The van der Waals surface area contributed by atoms with Gasteiger partial charge in [0.15, 0.2) is 0 Å². The Morgan fingerprint density at radius 2 is 2.07 bits per heavy atom. The minimum Gasteiger partial charge on any atom is -0.412 e. The van der Waals surface area contributed by atoms with Crippen molar-refractivity contribution in [1.29, 1.82) is 0 Å². The van der Waals surface area contributed by atoms with Crippen LogP contribution >= 0.6 is 0 Å². The van der Waals surface area contributed by atoms with Crippen LogP contribution in [-0.4, -0.2) is 25.2 Å². The fourth-order valence-corrected chi connectivity index (χ4v) is 1.54. The van der Waals surface area contributed by atoms with E-state index in [0.717, 1.165) is 25.3 Å². The summed E-state index contributed by atoms with van der Waals surface area (Å²) in [5.41, 5.74) is 3.15. The van der Waals surface area contributed by atoms with Gasteiger partial charge in [0.1, 0.15) is 0 Å². The van der Waals surface area contributed by atoms with Crippen molar-refractivity contribution in [1.82, 2.24) is 5.32 Å². The Morgan fingerprint density at radius 3 is 2.60 bits per heavy atom. The second kappa shape index (κ2) is 5.65. The van der Waals surface area contributed by atoms with Gasteiger partial charge in [0, 0.05) is 13.1 Å². The third kappa shape index (κ3) is 2.89. The number of hydrogen-bond donors (Lipinski definition) is 2. The molecule has 0 radical (unpaired) electrons. The molecule has 1 aliphatic heterocycles. The quantitative estimate of drug-likeness (QED) is 0.716. The molecule has 1 aliphatic rings. The number of rotatable bonds is 2. The number of benzene rings is 1. The van der Waals surface area contributed by atoms with Gasteiger partial charge in [-0.15, -0.1) is 4.48 Å². The summed E-state index contributed by atoms with van der Waals surface area (Å²) in [6.07, 6.45) is 0.0948. The van der Waals surface area contributed by atoms with E-state index < -0.39 is 0 Å². The molecule has 0 spiro atoms. The van der Waals surface area contributed by atoms with Crippen LogP contribution in [-0.2, 0) is 4.74 Å². The Hall–Kier alpha value is -1.17. The first-order valence-corrected chi connectivity index (χ1v) is 4.69. The van der Waals surface area contributed by atoms with Crippen molar-refractivity contribution in [2.45, 2.75) is 6.10 Å². The molecule has 0 bridgehead atoms. The molecular weight excluding hydrogens is 199 g/mol. The fraction of sp³-hybridized carbons (Fsp3) is 0.400. The first-order valence-electron chi connectivity index (χ1n) is 4.69. The van der Waals surface area contributed by atoms with Crippen LogP contribution < -0.4 is 10.9 Å². The lowest BCUT2D eigenvalue weighted by atomic mass is 10.1. The molecule has 1 aromatic rings. The second-order valence-corrected chi connectivity index (χ2v) is 3.28. The van der Waals surface area contributed by atoms with Crippen molar-refractivity contribution in [2.24, 2.45) is 0 Å². The molecule has 0 aromatic heterocycles. The van der Waals surface area contributed by atoms with Crippen molar-refractivity contribution in [3.05, 3.63) is 29.8 Å². The Kier molecular flexibility index (Phi) is 4.48. The lowest BCUT2D eigenvalue weighted by Crippen LogP contribution is -2.33. The third-order valence-corrected chi connectivity index (χ3v) is 2.32. The van der Waals surface area contributed by atoms with E-state index in [0.29, 0.717) is 5.69 Å². The van der Waals surface area contributed by atoms with E-state index in [1.807, 2.05) is 12.1 Å². The minimum atomic E-state index is 0. The van der Waals surface area contributed by atoms with Gasteiger partial charge >= 0.3 is 0 Å². The zero-order chi connectivity index (χ0) is 9.80. The number of anilines is 1. The maximum atomic E-state index is 12.0. The first kappa shape index (κ1) is 11.9. The molecule has 84 valence electrons. The molecular formula is C10H15FN2O2. The molecule has 1 aromatic carbocycles. The summed E-state index contributed by atoms with van der Waals surface area (Å²) in [5, 5.41) is 3.25. The Morgan fingerprint density at radius 1 is 1.33 bits per heavy atom. The van der Waals surface area contributed by atoms with Crippen LogP contribution in [0.5, 0.6) is 0 Å². The van der Waals surface area contributed by atoms with Crippen molar-refractivity contribution >= 4 is 5.69 Å². The summed E-state index contributed by atoms with van der Waals surface area (Å²) in [7, 11) is 0. The Bertz CT molecular complexity index is 286. The molecule has 15 heavy (non-hydrogen) atoms. The zero-order valence-electron chi connectivity index (χ0n) is 8.29. The minimum absolute atomic E-state index is 0. The molecule has 5 heteroatoms. The van der Waals surface area contributed by atoms with E-state index in [4.69, 9.17) is 4.74 Å². The molecule has 2 rings (SSSR count). The topological polar surface area (TPSA) is 64.8 Å². The average molecular weight is 214 g/mol. The smallest absolute Gasteiger partial charge is 0.0949 e. The van der Waals surface area contributed by atoms with Crippen LogP contribution in [0.1, 0.15) is 11.7 Å². The van der Waals surface area contributed by atoms with Crippen LogP contribution in [0.4, 0.5) is 10.2 Å². The van der Waals surface area contributed by atoms with E-state index in [1.165, 1.54) is 0 Å². The van der Waals surface area contributed by atoms with E-state index in [9.17, 15) is 4.48 Å². The summed E-state index contributed by atoms with van der Waals surface area (Å²) in [4.78, 5) is 0. The third-order valence-electron chi connectivity index (χ3n) is 2.32. The molecule has 4 nitrogen and oxygen atoms in total. The maximum absolute atomic E-state index is 12.0. The van der Waals surface area contributed by atoms with Crippen LogP contribution in [0.25, 0.3) is 0 Å². The van der Waals surface area contributed by atoms with Crippen LogP contribution in [0.15, 0.2) is 24.3 Å². The van der Waals surface area contributed by atoms with Gasteiger partial charge in [-0.05, 0) is 17.7 Å². The van der Waals surface area contributed by atoms with Gasteiger partial charge in [0.25, 0.3) is 0 Å². The van der Waals surface area contributed by atoms with Gasteiger partial charge < -0.3 is 15.5 Å². The molecule has 0 aliphatic carbocycles. The van der Waals surface area contributed by atoms with Gasteiger partial charge in [-0.3, -0.25) is 0 Å². The monoisotopic (exact) mass is 214 g/mol. The molecule has 1 unspecified atom stereocenters. The average Bonchev–Trinajstić information content (AvgIpc) is 2.30. The molecule has 1 atom stereocenters. The van der Waals surface area contributed by atoms with Gasteiger partial charge in [-0.25, -0.2) is 5.54 Å². The predicted molar refractivity (Wildman–Crippen MR) is 56.3 cm³/mol. The first-order chi connectivity index (χ1) is 6.90. The Balaban J connectivity index is 0.00000112. The molecule has 4 N–H and O–H groups in total. The van der Waals surface area contributed by atoms with Gasteiger partial charge in [0.05, 0.1) is 18.4 Å². The summed E-state index contributed by atoms with van der Waals surface area (Å²) in [6, 6.07) is 7.15. The lowest BCUT2D eigenvalue weighted by molar-refractivity contribution is 0.0277. The molecule has 1 saturated heterocycles. The highest BCUT2D eigenvalue weighted by molar-refractivity contribution is 5.42. The van der Waals surface area contributed by atoms with Crippen molar-refractivity contribution in [3.8, 4) is 0 Å². The second-order valence-electron chi connectivity index (χ2n) is 3.28. The molecule has 0 amide bonds. The number of morpholine rings is 1. The SMILES string of the molecule is FNc1ccc(C2CNCCO2)cc1.O. The van der Waals surface area contributed by atoms with Crippen LogP contribution in [0.2, 0.25) is 0 Å². The Labute approximate surface area is 87.7 Å². The van der Waals surface area contributed by atoms with Crippen molar-refractivity contribution < 1.29 is 14.7 Å². The molecule has 1 heterocycles. The highest BCUT2D eigenvalue weighted by atomic mass is 19.2. The van der Waals surface area contributed by atoms with E-state index in [-0.39, 0.29) is 11.6 Å². The maximum Gasteiger partial charge on any atom is 0.0949 e. The number of halogens is 1. The normalized spacial score (nSPS) is 20.5. The van der Waals surface area contributed by atoms with Crippen molar-refractivity contribution in [3.63, 3.8) is 0 Å². The predicted octanol–water partition coefficient (Wildman–Crippen LogP) is 0.819. The van der Waals surface area contributed by atoms with Crippen molar-refractivity contribution in [2.75, 3.05) is 25.2 Å². The summed E-state index contributed by atoms with van der Waals surface area (Å²) < 4.78 is 17.6.